The van der Waals surface area contributed by atoms with Crippen LogP contribution in [0.4, 0.5) is 4.39 Å². The molecular weight excluding hydrogens is 379 g/mol. The van der Waals surface area contributed by atoms with E-state index in [4.69, 9.17) is 4.74 Å². The SMILES string of the molecule is Cc1cc(C)c(S(=O)(=O)NCC(c2cccc(F)c2)N2CCOCC2)c(C)c1. The van der Waals surface area contributed by atoms with E-state index in [0.717, 1.165) is 22.3 Å². The average Bonchev–Trinajstić information content (AvgIpc) is 2.61. The molecule has 0 saturated carbocycles. The maximum Gasteiger partial charge on any atom is 0.241 e. The van der Waals surface area contributed by atoms with E-state index in [1.165, 1.54) is 12.1 Å². The molecule has 1 N–H and O–H groups in total. The monoisotopic (exact) mass is 406 g/mol. The zero-order valence-electron chi connectivity index (χ0n) is 16.5. The third-order valence-electron chi connectivity index (χ3n) is 5.06. The Kier molecular flexibility index (Phi) is 6.50. The number of nitrogens with one attached hydrogen (secondary N) is 1. The van der Waals surface area contributed by atoms with E-state index >= 15 is 0 Å². The Hall–Kier alpha value is -1.80. The molecule has 0 bridgehead atoms. The number of aryl methyl sites for hydroxylation is 3. The molecule has 1 fully saturated rings. The lowest BCUT2D eigenvalue weighted by atomic mass is 10.0. The Morgan fingerprint density at radius 1 is 1.11 bits per heavy atom. The van der Waals surface area contributed by atoms with Gasteiger partial charge in [-0.2, -0.15) is 0 Å². The minimum absolute atomic E-state index is 0.165. The van der Waals surface area contributed by atoms with Gasteiger partial charge < -0.3 is 4.74 Å². The van der Waals surface area contributed by atoms with Crippen molar-refractivity contribution < 1.29 is 17.5 Å². The number of hydrogen-bond acceptors (Lipinski definition) is 4. The van der Waals surface area contributed by atoms with Crippen LogP contribution in [0.5, 0.6) is 0 Å². The number of rotatable bonds is 6. The van der Waals surface area contributed by atoms with Gasteiger partial charge in [0.2, 0.25) is 10.0 Å². The summed E-state index contributed by atoms with van der Waals surface area (Å²) in [6.07, 6.45) is 0. The molecule has 0 aromatic heterocycles. The number of morpholine rings is 1. The van der Waals surface area contributed by atoms with Crippen LogP contribution in [0.1, 0.15) is 28.3 Å². The first-order valence-electron chi connectivity index (χ1n) is 9.43. The number of sulfonamides is 1. The molecule has 3 rings (SSSR count). The third-order valence-corrected chi connectivity index (χ3v) is 6.79. The summed E-state index contributed by atoms with van der Waals surface area (Å²) in [7, 11) is -3.69. The van der Waals surface area contributed by atoms with Gasteiger partial charge >= 0.3 is 0 Å². The molecule has 7 heteroatoms. The molecule has 152 valence electrons. The molecule has 2 aromatic rings. The highest BCUT2D eigenvalue weighted by Crippen LogP contribution is 2.25. The first-order valence-corrected chi connectivity index (χ1v) is 10.9. The van der Waals surface area contributed by atoms with Gasteiger partial charge in [-0.15, -0.1) is 0 Å². The lowest BCUT2D eigenvalue weighted by Gasteiger charge is -2.35. The van der Waals surface area contributed by atoms with Gasteiger partial charge in [0.25, 0.3) is 0 Å². The van der Waals surface area contributed by atoms with Crippen LogP contribution < -0.4 is 4.72 Å². The maximum atomic E-state index is 13.8. The number of nitrogens with zero attached hydrogens (tertiary/aromatic N) is 1. The summed E-state index contributed by atoms with van der Waals surface area (Å²) in [5.41, 5.74) is 3.22. The summed E-state index contributed by atoms with van der Waals surface area (Å²) in [4.78, 5) is 2.45. The lowest BCUT2D eigenvalue weighted by molar-refractivity contribution is 0.0171. The molecule has 1 saturated heterocycles. The molecule has 1 atom stereocenters. The Morgan fingerprint density at radius 3 is 2.36 bits per heavy atom. The van der Waals surface area contributed by atoms with Gasteiger partial charge in [0, 0.05) is 25.7 Å². The summed E-state index contributed by atoms with van der Waals surface area (Å²) in [5, 5.41) is 0. The average molecular weight is 407 g/mol. The first-order chi connectivity index (χ1) is 13.3. The number of benzene rings is 2. The number of hydrogen-bond donors (Lipinski definition) is 1. The van der Waals surface area contributed by atoms with Crippen molar-refractivity contribution in [3.63, 3.8) is 0 Å². The summed E-state index contributed by atoms with van der Waals surface area (Å²) in [6.45, 7) is 8.22. The predicted molar refractivity (Wildman–Crippen MR) is 107 cm³/mol. The summed E-state index contributed by atoms with van der Waals surface area (Å²) in [6, 6.07) is 9.82. The van der Waals surface area contributed by atoms with Crippen LogP contribution in [0.3, 0.4) is 0 Å². The van der Waals surface area contributed by atoms with Crippen molar-refractivity contribution in [3.05, 3.63) is 64.5 Å². The molecule has 1 aliphatic rings. The number of halogens is 1. The highest BCUT2D eigenvalue weighted by atomic mass is 32.2. The van der Waals surface area contributed by atoms with Crippen LogP contribution in [0.2, 0.25) is 0 Å². The second-order valence-electron chi connectivity index (χ2n) is 7.30. The van der Waals surface area contributed by atoms with E-state index < -0.39 is 10.0 Å². The van der Waals surface area contributed by atoms with Crippen LogP contribution in [0.15, 0.2) is 41.3 Å². The smallest absolute Gasteiger partial charge is 0.241 e. The van der Waals surface area contributed by atoms with Crippen LogP contribution in [0, 0.1) is 26.6 Å². The Bertz CT molecular complexity index is 917. The van der Waals surface area contributed by atoms with E-state index in [9.17, 15) is 12.8 Å². The van der Waals surface area contributed by atoms with Crippen molar-refractivity contribution in [1.29, 1.82) is 0 Å². The maximum absolute atomic E-state index is 13.8. The van der Waals surface area contributed by atoms with Crippen molar-refractivity contribution >= 4 is 10.0 Å². The second kappa shape index (κ2) is 8.69. The Balaban J connectivity index is 1.87. The van der Waals surface area contributed by atoms with Crippen LogP contribution in [-0.4, -0.2) is 46.2 Å². The van der Waals surface area contributed by atoms with Crippen molar-refractivity contribution in [1.82, 2.24) is 9.62 Å². The van der Waals surface area contributed by atoms with E-state index in [1.807, 2.05) is 25.1 Å². The molecule has 5 nitrogen and oxygen atoms in total. The van der Waals surface area contributed by atoms with Crippen molar-refractivity contribution in [2.45, 2.75) is 31.7 Å². The fraction of sp³-hybridized carbons (Fsp3) is 0.429. The molecular formula is C21H27FN2O3S. The van der Waals surface area contributed by atoms with Crippen molar-refractivity contribution in [2.24, 2.45) is 0 Å². The zero-order chi connectivity index (χ0) is 20.3. The molecule has 1 unspecified atom stereocenters. The molecule has 0 amide bonds. The molecule has 0 spiro atoms. The van der Waals surface area contributed by atoms with Crippen LogP contribution in [0.25, 0.3) is 0 Å². The van der Waals surface area contributed by atoms with Crippen LogP contribution >= 0.6 is 0 Å². The van der Waals surface area contributed by atoms with Gasteiger partial charge in [-0.3, -0.25) is 4.90 Å². The van der Waals surface area contributed by atoms with Gasteiger partial charge in [-0.25, -0.2) is 17.5 Å². The lowest BCUT2D eigenvalue weighted by Crippen LogP contribution is -2.44. The molecule has 2 aromatic carbocycles. The van der Waals surface area contributed by atoms with Gasteiger partial charge in [0.15, 0.2) is 0 Å². The van der Waals surface area contributed by atoms with Crippen molar-refractivity contribution in [2.75, 3.05) is 32.8 Å². The van der Waals surface area contributed by atoms with E-state index in [-0.39, 0.29) is 18.4 Å². The largest absolute Gasteiger partial charge is 0.379 e. The van der Waals surface area contributed by atoms with E-state index in [0.29, 0.717) is 31.2 Å². The standard InChI is InChI=1S/C21H27FN2O3S/c1-15-11-16(2)21(17(3)12-15)28(25,26)23-14-20(24-7-9-27-10-8-24)18-5-4-6-19(22)13-18/h4-6,11-13,20,23H,7-10,14H2,1-3H3. The summed E-state index contributed by atoms with van der Waals surface area (Å²) in [5.74, 6) is -0.330. The predicted octanol–water partition coefficient (Wildman–Crippen LogP) is 3.10. The van der Waals surface area contributed by atoms with Gasteiger partial charge in [0.05, 0.1) is 18.1 Å². The quantitative estimate of drug-likeness (QED) is 0.801. The Labute approximate surface area is 166 Å². The van der Waals surface area contributed by atoms with E-state index in [2.05, 4.69) is 9.62 Å². The Morgan fingerprint density at radius 2 is 1.75 bits per heavy atom. The number of ether oxygens (including phenoxy) is 1. The van der Waals surface area contributed by atoms with E-state index in [1.54, 1.807) is 19.9 Å². The zero-order valence-corrected chi connectivity index (χ0v) is 17.4. The summed E-state index contributed by atoms with van der Waals surface area (Å²) < 4.78 is 48.1. The fourth-order valence-corrected chi connectivity index (χ4v) is 5.40. The normalized spacial score (nSPS) is 16.9. The second-order valence-corrected chi connectivity index (χ2v) is 9.00. The molecule has 0 radical (unpaired) electrons. The molecule has 28 heavy (non-hydrogen) atoms. The minimum Gasteiger partial charge on any atom is -0.379 e. The highest BCUT2D eigenvalue weighted by Gasteiger charge is 2.26. The highest BCUT2D eigenvalue weighted by molar-refractivity contribution is 7.89. The third kappa shape index (κ3) is 4.78. The minimum atomic E-state index is -3.69. The topological polar surface area (TPSA) is 58.6 Å². The van der Waals surface area contributed by atoms with Crippen LogP contribution in [-0.2, 0) is 14.8 Å². The van der Waals surface area contributed by atoms with Gasteiger partial charge in [-0.1, -0.05) is 29.8 Å². The fourth-order valence-electron chi connectivity index (χ4n) is 3.91. The van der Waals surface area contributed by atoms with Gasteiger partial charge in [0.1, 0.15) is 5.82 Å². The molecule has 0 aliphatic carbocycles. The first kappa shape index (κ1) is 20.9. The van der Waals surface area contributed by atoms with Crippen molar-refractivity contribution in [3.8, 4) is 0 Å². The molecule has 1 heterocycles. The van der Waals surface area contributed by atoms with Gasteiger partial charge in [-0.05, 0) is 49.6 Å². The molecule has 1 aliphatic heterocycles. The summed E-state index contributed by atoms with van der Waals surface area (Å²) >= 11 is 0.